The summed E-state index contributed by atoms with van der Waals surface area (Å²) in [5.41, 5.74) is 3.68. The molecule has 0 aliphatic heterocycles. The number of aryl methyl sites for hydroxylation is 1. The molecule has 242 valence electrons. The van der Waals surface area contributed by atoms with Crippen molar-refractivity contribution in [1.82, 2.24) is 0 Å². The Morgan fingerprint density at radius 3 is 2.13 bits per heavy atom. The fourth-order valence-electron chi connectivity index (χ4n) is 3.82. The molecule has 0 spiro atoms. The first-order valence-electron chi connectivity index (χ1n) is 14.3. The zero-order valence-electron chi connectivity index (χ0n) is 26.0. The van der Waals surface area contributed by atoms with Crippen LogP contribution >= 0.6 is 11.3 Å². The summed E-state index contributed by atoms with van der Waals surface area (Å²) in [5.74, 6) is -1.96. The molecule has 1 aromatic heterocycles. The summed E-state index contributed by atoms with van der Waals surface area (Å²) >= 11 is 1.17. The third-order valence-corrected chi connectivity index (χ3v) is 7.19. The van der Waals surface area contributed by atoms with Gasteiger partial charge in [0.25, 0.3) is 0 Å². The van der Waals surface area contributed by atoms with Gasteiger partial charge in [-0.15, -0.1) is 11.3 Å². The second kappa shape index (κ2) is 20.7. The second-order valence-corrected chi connectivity index (χ2v) is 10.7. The van der Waals surface area contributed by atoms with Crippen molar-refractivity contribution >= 4 is 45.3 Å². The molecular weight excluding hydrogens is 602 g/mol. The molecule has 0 radical (unpaired) electrons. The number of esters is 1. The van der Waals surface area contributed by atoms with E-state index in [9.17, 15) is 14.9 Å². The minimum atomic E-state index is -1.22. The van der Waals surface area contributed by atoms with Crippen molar-refractivity contribution in [3.8, 4) is 6.07 Å². The van der Waals surface area contributed by atoms with Gasteiger partial charge in [-0.25, -0.2) is 14.4 Å². The van der Waals surface area contributed by atoms with E-state index in [2.05, 4.69) is 46.0 Å². The van der Waals surface area contributed by atoms with Crippen molar-refractivity contribution in [3.63, 3.8) is 0 Å². The van der Waals surface area contributed by atoms with E-state index in [1.54, 1.807) is 6.92 Å². The first-order chi connectivity index (χ1) is 21.7. The maximum atomic E-state index is 11.2. The third-order valence-electron chi connectivity index (χ3n) is 6.12. The lowest BCUT2D eigenvalue weighted by molar-refractivity contribution is -0.140. The van der Waals surface area contributed by atoms with Gasteiger partial charge in [-0.2, -0.15) is 15.5 Å². The monoisotopic (exact) mass is 641 g/mol. The summed E-state index contributed by atoms with van der Waals surface area (Å²) in [7, 11) is 0. The van der Waals surface area contributed by atoms with Crippen molar-refractivity contribution in [2.24, 2.45) is 10.2 Å². The van der Waals surface area contributed by atoms with Crippen LogP contribution < -0.4 is 4.90 Å². The number of anilines is 1. The first-order valence-corrected chi connectivity index (χ1v) is 15.1. The van der Waals surface area contributed by atoms with Crippen LogP contribution in [-0.2, 0) is 33.3 Å². The van der Waals surface area contributed by atoms with Gasteiger partial charge in [0.1, 0.15) is 17.7 Å². The van der Waals surface area contributed by atoms with Crippen molar-refractivity contribution in [3.05, 3.63) is 57.8 Å². The van der Waals surface area contributed by atoms with Crippen molar-refractivity contribution < 1.29 is 38.4 Å². The number of thiophene rings is 1. The number of carboxylic acids is 1. The smallest absolute Gasteiger partial charge is 0.331 e. The minimum absolute atomic E-state index is 0.0221. The lowest BCUT2D eigenvalue weighted by Gasteiger charge is -2.29. The van der Waals surface area contributed by atoms with E-state index in [1.165, 1.54) is 11.3 Å². The molecule has 14 heteroatoms. The minimum Gasteiger partial charge on any atom is -0.478 e. The number of azo groups is 1. The van der Waals surface area contributed by atoms with E-state index in [0.717, 1.165) is 17.3 Å². The highest BCUT2D eigenvalue weighted by molar-refractivity contribution is 7.17. The topological polar surface area (TPSA) is 157 Å². The summed E-state index contributed by atoms with van der Waals surface area (Å²) in [6, 6.07) is 8.29. The van der Waals surface area contributed by atoms with E-state index < -0.39 is 11.9 Å². The molecule has 1 aromatic carbocycles. The summed E-state index contributed by atoms with van der Waals surface area (Å²) < 4.78 is 26.8. The highest BCUT2D eigenvalue weighted by atomic mass is 32.1. The van der Waals surface area contributed by atoms with Crippen LogP contribution in [0.2, 0.25) is 0 Å². The fourth-order valence-corrected chi connectivity index (χ4v) is 4.69. The quantitative estimate of drug-likeness (QED) is 0.0592. The lowest BCUT2D eigenvalue weighted by Crippen LogP contribution is -2.34. The summed E-state index contributed by atoms with van der Waals surface area (Å²) in [6.07, 6.45) is 1.55. The Morgan fingerprint density at radius 2 is 1.60 bits per heavy atom. The van der Waals surface area contributed by atoms with Crippen LogP contribution in [-0.4, -0.2) is 89.1 Å². The highest BCUT2D eigenvalue weighted by Crippen LogP contribution is 2.42. The number of hydrogen-bond donors (Lipinski definition) is 1. The first kappa shape index (κ1) is 37.0. The van der Waals surface area contributed by atoms with Gasteiger partial charge in [0.15, 0.2) is 0 Å². The molecular formula is C31H39N5O8S. The van der Waals surface area contributed by atoms with Crippen LogP contribution in [0.25, 0.3) is 4.85 Å². The van der Waals surface area contributed by atoms with Gasteiger partial charge >= 0.3 is 11.9 Å². The summed E-state index contributed by atoms with van der Waals surface area (Å²) in [4.78, 5) is 27.7. The molecule has 0 saturated heterocycles. The van der Waals surface area contributed by atoms with Crippen LogP contribution in [0.3, 0.4) is 0 Å². The zero-order valence-corrected chi connectivity index (χ0v) is 26.8. The number of hydrogen-bond acceptors (Lipinski definition) is 12. The van der Waals surface area contributed by atoms with Gasteiger partial charge in [0, 0.05) is 30.4 Å². The van der Waals surface area contributed by atoms with Gasteiger partial charge in [-0.1, -0.05) is 0 Å². The lowest BCUT2D eigenvalue weighted by atomic mass is 10.1. The van der Waals surface area contributed by atoms with Crippen LogP contribution in [0.4, 0.5) is 22.1 Å². The number of nitrogens with zero attached hydrogens (tertiary/aromatic N) is 5. The van der Waals surface area contributed by atoms with Gasteiger partial charge < -0.3 is 33.7 Å². The zero-order chi connectivity index (χ0) is 33.0. The van der Waals surface area contributed by atoms with Gasteiger partial charge in [-0.05, 0) is 57.0 Å². The standard InChI is InChI=1S/C31H39N5O8S/c1-22(2)36(25-6-7-26(23(3)20-25)34-35-31-30(33-5)24(4)27(21-32)45-31)10-11-40-12-13-41-14-15-42-16-17-43-18-19-44-29(39)9-8-28(37)38/h6-9,20,22H,10-19H2,1-4H3,(H,37,38)/b9-8-,35-34?. The molecule has 0 bridgehead atoms. The molecule has 0 aliphatic carbocycles. The average Bonchev–Trinajstić information content (AvgIpc) is 3.32. The Hall–Kier alpha value is -4.18. The Labute approximate surface area is 267 Å². The molecule has 0 unspecified atom stereocenters. The second-order valence-electron chi connectivity index (χ2n) is 9.68. The number of carbonyl (C=O) groups is 2. The number of nitriles is 1. The van der Waals surface area contributed by atoms with E-state index in [0.29, 0.717) is 85.7 Å². The van der Waals surface area contributed by atoms with E-state index in [4.69, 9.17) is 35.4 Å². The number of benzene rings is 1. The molecule has 13 nitrogen and oxygen atoms in total. The van der Waals surface area contributed by atoms with Crippen LogP contribution in [0.15, 0.2) is 40.6 Å². The van der Waals surface area contributed by atoms with E-state index >= 15 is 0 Å². The summed E-state index contributed by atoms with van der Waals surface area (Å²) in [5, 5.41) is 26.8. The molecule has 0 aliphatic rings. The molecule has 45 heavy (non-hydrogen) atoms. The van der Waals surface area contributed by atoms with Crippen LogP contribution in [0, 0.1) is 31.8 Å². The largest absolute Gasteiger partial charge is 0.478 e. The van der Waals surface area contributed by atoms with Gasteiger partial charge in [0.05, 0.1) is 70.0 Å². The molecule has 2 rings (SSSR count). The molecule has 1 heterocycles. The summed E-state index contributed by atoms with van der Waals surface area (Å²) in [6.45, 7) is 19.2. The van der Waals surface area contributed by atoms with Crippen molar-refractivity contribution in [2.45, 2.75) is 33.7 Å². The fraction of sp³-hybridized carbons (Fsp3) is 0.484. The molecule has 0 amide bonds. The molecule has 0 fully saturated rings. The predicted octanol–water partition coefficient (Wildman–Crippen LogP) is 5.67. The highest BCUT2D eigenvalue weighted by Gasteiger charge is 2.15. The maximum Gasteiger partial charge on any atom is 0.331 e. The van der Waals surface area contributed by atoms with E-state index in [-0.39, 0.29) is 19.3 Å². The Bertz CT molecular complexity index is 1390. The number of carboxylic acid groups (broad SMARTS) is 1. The maximum absolute atomic E-state index is 11.2. The molecule has 1 N–H and O–H groups in total. The normalized spacial score (nSPS) is 11.3. The van der Waals surface area contributed by atoms with E-state index in [1.807, 2.05) is 19.1 Å². The third kappa shape index (κ3) is 13.6. The SMILES string of the molecule is [C-]#[N+]c1c(N=Nc2ccc(N(CCOCCOCCOCCOCCOC(=O)/C=C\C(=O)O)C(C)C)cc2C)sc(C#N)c1C. The van der Waals surface area contributed by atoms with Crippen LogP contribution in [0.5, 0.6) is 0 Å². The predicted molar refractivity (Wildman–Crippen MR) is 169 cm³/mol. The number of ether oxygens (including phenoxy) is 5. The van der Waals surface area contributed by atoms with Gasteiger partial charge in [0.2, 0.25) is 5.69 Å². The van der Waals surface area contributed by atoms with Crippen molar-refractivity contribution in [1.29, 1.82) is 5.26 Å². The average molecular weight is 642 g/mol. The molecule has 2 aromatic rings. The van der Waals surface area contributed by atoms with Crippen molar-refractivity contribution in [2.75, 3.05) is 70.9 Å². The number of rotatable bonds is 21. The number of aliphatic carboxylic acids is 1. The molecule has 0 saturated carbocycles. The Kier molecular flexibility index (Phi) is 17.0. The van der Waals surface area contributed by atoms with Gasteiger partial charge in [-0.3, -0.25) is 0 Å². The number of carbonyl (C=O) groups excluding carboxylic acids is 1. The molecule has 0 atom stereocenters. The Balaban J connectivity index is 1.62. The Morgan fingerprint density at radius 1 is 1.00 bits per heavy atom. The van der Waals surface area contributed by atoms with Crippen LogP contribution in [0.1, 0.15) is 29.9 Å².